The highest BCUT2D eigenvalue weighted by molar-refractivity contribution is 5.93. The van der Waals surface area contributed by atoms with Crippen molar-refractivity contribution in [2.24, 2.45) is 5.92 Å². The van der Waals surface area contributed by atoms with E-state index in [4.69, 9.17) is 14.2 Å². The van der Waals surface area contributed by atoms with E-state index >= 15 is 0 Å². The van der Waals surface area contributed by atoms with E-state index in [0.29, 0.717) is 25.2 Å². The van der Waals surface area contributed by atoms with Gasteiger partial charge in [0.15, 0.2) is 0 Å². The molecule has 2 heterocycles. The fourth-order valence-electron chi connectivity index (χ4n) is 3.46. The first-order valence-corrected chi connectivity index (χ1v) is 9.98. The minimum Gasteiger partial charge on any atom is -0.467 e. The molecular formula is C22H28N2O6. The van der Waals surface area contributed by atoms with E-state index in [9.17, 15) is 14.4 Å². The molecule has 1 aliphatic heterocycles. The molecule has 1 aromatic carbocycles. The standard InChI is InChI=1S/C22H28N2O6/c1-22(2,3)30-21(27)24-12-15(16-7-5-6-8-18(16)24)11-17(20(26)28-4)23-19(25)14-9-10-29-13-14/h5-8,12,14,17H,9-11,13H2,1-4H3,(H,23,25)/t14-,17-/m1/s1. The Labute approximate surface area is 175 Å². The third kappa shape index (κ3) is 4.99. The summed E-state index contributed by atoms with van der Waals surface area (Å²) in [6.07, 6.45) is 1.95. The van der Waals surface area contributed by atoms with Crippen LogP contribution in [-0.2, 0) is 30.2 Å². The van der Waals surface area contributed by atoms with Crippen molar-refractivity contribution < 1.29 is 28.6 Å². The van der Waals surface area contributed by atoms with Gasteiger partial charge >= 0.3 is 12.1 Å². The fourth-order valence-corrected chi connectivity index (χ4v) is 3.46. The predicted molar refractivity (Wildman–Crippen MR) is 110 cm³/mol. The van der Waals surface area contributed by atoms with Gasteiger partial charge in [-0.1, -0.05) is 18.2 Å². The van der Waals surface area contributed by atoms with E-state index in [-0.39, 0.29) is 18.2 Å². The second-order valence-corrected chi connectivity index (χ2v) is 8.37. The molecule has 2 aromatic rings. The lowest BCUT2D eigenvalue weighted by Gasteiger charge is -2.19. The maximum atomic E-state index is 12.7. The Kier molecular flexibility index (Phi) is 6.45. The van der Waals surface area contributed by atoms with E-state index in [1.807, 2.05) is 24.3 Å². The number of rotatable bonds is 5. The number of hydrogen-bond donors (Lipinski definition) is 1. The van der Waals surface area contributed by atoms with Crippen LogP contribution in [0.1, 0.15) is 32.8 Å². The Morgan fingerprint density at radius 2 is 2.00 bits per heavy atom. The van der Waals surface area contributed by atoms with Crippen LogP contribution in [0.5, 0.6) is 0 Å². The molecule has 0 spiro atoms. The molecule has 0 bridgehead atoms. The topological polar surface area (TPSA) is 95.9 Å². The van der Waals surface area contributed by atoms with Crippen LogP contribution in [0.3, 0.4) is 0 Å². The third-order valence-corrected chi connectivity index (χ3v) is 4.91. The van der Waals surface area contributed by atoms with Crippen LogP contribution in [0.15, 0.2) is 30.5 Å². The first kappa shape index (κ1) is 21.8. The molecule has 1 aliphatic rings. The van der Waals surface area contributed by atoms with Gasteiger partial charge in [-0.05, 0) is 38.8 Å². The highest BCUT2D eigenvalue weighted by Crippen LogP contribution is 2.24. The summed E-state index contributed by atoms with van der Waals surface area (Å²) in [5.41, 5.74) is 0.754. The molecular weight excluding hydrogens is 388 g/mol. The van der Waals surface area contributed by atoms with Crippen molar-refractivity contribution in [3.8, 4) is 0 Å². The molecule has 3 rings (SSSR count). The number of esters is 1. The quantitative estimate of drug-likeness (QED) is 0.753. The monoisotopic (exact) mass is 416 g/mol. The molecule has 162 valence electrons. The number of methoxy groups -OCH3 is 1. The molecule has 0 radical (unpaired) electrons. The zero-order valence-corrected chi connectivity index (χ0v) is 17.8. The number of nitrogens with zero attached hydrogens (tertiary/aromatic N) is 1. The highest BCUT2D eigenvalue weighted by atomic mass is 16.6. The van der Waals surface area contributed by atoms with Crippen LogP contribution in [0.25, 0.3) is 10.9 Å². The van der Waals surface area contributed by atoms with E-state index in [1.54, 1.807) is 27.0 Å². The SMILES string of the molecule is COC(=O)[C@@H](Cc1cn(C(=O)OC(C)(C)C)c2ccccc12)NC(=O)[C@@H]1CCOC1. The van der Waals surface area contributed by atoms with Gasteiger partial charge in [0, 0.05) is 24.6 Å². The highest BCUT2D eigenvalue weighted by Gasteiger charge is 2.30. The number of para-hydroxylation sites is 1. The molecule has 30 heavy (non-hydrogen) atoms. The normalized spacial score (nSPS) is 17.5. The molecule has 8 nitrogen and oxygen atoms in total. The minimum absolute atomic E-state index is 0.183. The van der Waals surface area contributed by atoms with Gasteiger partial charge in [-0.2, -0.15) is 0 Å². The Morgan fingerprint density at radius 3 is 2.63 bits per heavy atom. The molecule has 1 N–H and O–H groups in total. The molecule has 0 unspecified atom stereocenters. The average Bonchev–Trinajstić information content (AvgIpc) is 3.34. The number of hydrogen-bond acceptors (Lipinski definition) is 6. The molecule has 1 amide bonds. The third-order valence-electron chi connectivity index (χ3n) is 4.91. The number of benzene rings is 1. The lowest BCUT2D eigenvalue weighted by molar-refractivity contribution is -0.145. The van der Waals surface area contributed by atoms with Crippen LogP contribution >= 0.6 is 0 Å². The van der Waals surface area contributed by atoms with Crippen molar-refractivity contribution >= 4 is 28.9 Å². The summed E-state index contributed by atoms with van der Waals surface area (Å²) in [5.74, 6) is -1.06. The zero-order chi connectivity index (χ0) is 21.9. The summed E-state index contributed by atoms with van der Waals surface area (Å²) < 4.78 is 17.1. The number of ether oxygens (including phenoxy) is 3. The number of carbonyl (C=O) groups excluding carboxylic acids is 3. The molecule has 1 aromatic heterocycles. The smallest absolute Gasteiger partial charge is 0.419 e. The number of nitrogens with one attached hydrogen (secondary N) is 1. The lowest BCUT2D eigenvalue weighted by Crippen LogP contribution is -2.45. The van der Waals surface area contributed by atoms with Gasteiger partial charge in [-0.3, -0.25) is 9.36 Å². The molecule has 2 atom stereocenters. The number of amides is 1. The Morgan fingerprint density at radius 1 is 1.27 bits per heavy atom. The number of fused-ring (bicyclic) bond motifs is 1. The predicted octanol–water partition coefficient (Wildman–Crippen LogP) is 2.66. The Bertz CT molecular complexity index is 937. The van der Waals surface area contributed by atoms with Crippen molar-refractivity contribution in [2.75, 3.05) is 20.3 Å². The lowest BCUT2D eigenvalue weighted by atomic mass is 10.0. The maximum Gasteiger partial charge on any atom is 0.419 e. The van der Waals surface area contributed by atoms with Gasteiger partial charge in [-0.25, -0.2) is 9.59 Å². The summed E-state index contributed by atoms with van der Waals surface area (Å²) in [4.78, 5) is 37.6. The van der Waals surface area contributed by atoms with Gasteiger partial charge < -0.3 is 19.5 Å². The van der Waals surface area contributed by atoms with E-state index < -0.39 is 23.7 Å². The fraction of sp³-hybridized carbons (Fsp3) is 0.500. The van der Waals surface area contributed by atoms with Crippen LogP contribution in [-0.4, -0.2) is 54.5 Å². The van der Waals surface area contributed by atoms with Crippen LogP contribution in [0, 0.1) is 5.92 Å². The van der Waals surface area contributed by atoms with Crippen molar-refractivity contribution in [3.63, 3.8) is 0 Å². The van der Waals surface area contributed by atoms with Gasteiger partial charge in [-0.15, -0.1) is 0 Å². The van der Waals surface area contributed by atoms with Crippen LogP contribution in [0.4, 0.5) is 4.79 Å². The van der Waals surface area contributed by atoms with Crippen molar-refractivity contribution in [2.45, 2.75) is 45.3 Å². The van der Waals surface area contributed by atoms with Gasteiger partial charge in [0.25, 0.3) is 0 Å². The largest absolute Gasteiger partial charge is 0.467 e. The Balaban J connectivity index is 1.89. The van der Waals surface area contributed by atoms with Crippen molar-refractivity contribution in [1.82, 2.24) is 9.88 Å². The number of aromatic nitrogens is 1. The summed E-state index contributed by atoms with van der Waals surface area (Å²) >= 11 is 0. The second-order valence-electron chi connectivity index (χ2n) is 8.37. The van der Waals surface area contributed by atoms with E-state index in [1.165, 1.54) is 11.7 Å². The van der Waals surface area contributed by atoms with E-state index in [0.717, 1.165) is 10.9 Å². The number of carbonyl (C=O) groups is 3. The molecule has 0 saturated carbocycles. The van der Waals surface area contributed by atoms with E-state index in [2.05, 4.69) is 5.32 Å². The van der Waals surface area contributed by atoms with Gasteiger partial charge in [0.05, 0.1) is 25.2 Å². The summed E-state index contributed by atoms with van der Waals surface area (Å²) in [6, 6.07) is 6.48. The van der Waals surface area contributed by atoms with Gasteiger partial charge in [0.1, 0.15) is 11.6 Å². The average molecular weight is 416 g/mol. The second kappa shape index (κ2) is 8.87. The molecule has 1 saturated heterocycles. The summed E-state index contributed by atoms with van der Waals surface area (Å²) in [6.45, 7) is 6.27. The molecule has 0 aliphatic carbocycles. The van der Waals surface area contributed by atoms with Crippen LogP contribution < -0.4 is 5.32 Å². The van der Waals surface area contributed by atoms with Crippen LogP contribution in [0.2, 0.25) is 0 Å². The maximum absolute atomic E-state index is 12.7. The minimum atomic E-state index is -0.874. The van der Waals surface area contributed by atoms with Crippen molar-refractivity contribution in [1.29, 1.82) is 0 Å². The Hall–Kier alpha value is -2.87. The summed E-state index contributed by atoms with van der Waals surface area (Å²) in [7, 11) is 1.28. The zero-order valence-electron chi connectivity index (χ0n) is 17.8. The van der Waals surface area contributed by atoms with Crippen molar-refractivity contribution in [3.05, 3.63) is 36.0 Å². The summed E-state index contributed by atoms with van der Waals surface area (Å²) in [5, 5.41) is 3.58. The first-order chi connectivity index (χ1) is 14.2. The first-order valence-electron chi connectivity index (χ1n) is 9.98. The molecule has 8 heteroatoms. The van der Waals surface area contributed by atoms with Gasteiger partial charge in [0.2, 0.25) is 5.91 Å². The molecule has 1 fully saturated rings.